The number of para-hydroxylation sites is 1. The van der Waals surface area contributed by atoms with E-state index in [2.05, 4.69) is 10.1 Å². The van der Waals surface area contributed by atoms with Gasteiger partial charge in [-0.2, -0.15) is 0 Å². The Morgan fingerprint density at radius 2 is 2.05 bits per heavy atom. The third-order valence-electron chi connectivity index (χ3n) is 3.31. The van der Waals surface area contributed by atoms with E-state index in [1.54, 1.807) is 20.0 Å². The molecule has 0 fully saturated rings. The highest BCUT2D eigenvalue weighted by Crippen LogP contribution is 2.19. The molecule has 1 aromatic carbocycles. The van der Waals surface area contributed by atoms with Gasteiger partial charge in [0.2, 0.25) is 0 Å². The monoisotopic (exact) mass is 282 g/mol. The maximum Gasteiger partial charge on any atom is 0.344 e. The minimum absolute atomic E-state index is 0.164. The quantitative estimate of drug-likeness (QED) is 0.690. The molecule has 3 rings (SSSR count). The van der Waals surface area contributed by atoms with Crippen molar-refractivity contribution < 1.29 is 14.1 Å². The predicted molar refractivity (Wildman–Crippen MR) is 76.8 cm³/mol. The molecule has 0 aliphatic rings. The van der Waals surface area contributed by atoms with Crippen LogP contribution in [0, 0.1) is 13.8 Å². The summed E-state index contributed by atoms with van der Waals surface area (Å²) in [5.41, 5.74) is 2.64. The molecule has 21 heavy (non-hydrogen) atoms. The van der Waals surface area contributed by atoms with Crippen molar-refractivity contribution in [1.29, 1.82) is 0 Å². The summed E-state index contributed by atoms with van der Waals surface area (Å²) < 4.78 is 10.3. The van der Waals surface area contributed by atoms with E-state index in [9.17, 15) is 4.79 Å². The van der Waals surface area contributed by atoms with Gasteiger partial charge in [-0.05, 0) is 19.9 Å². The number of esters is 1. The SMILES string of the molecule is Cc1noc(C)c1C(=O)OCc1cccc2cccnc12. The zero-order chi connectivity index (χ0) is 14.8. The lowest BCUT2D eigenvalue weighted by Crippen LogP contribution is -2.07. The van der Waals surface area contributed by atoms with E-state index >= 15 is 0 Å². The summed E-state index contributed by atoms with van der Waals surface area (Å²) in [6.07, 6.45) is 1.72. The Bertz CT molecular complexity index is 783. The first-order valence-electron chi connectivity index (χ1n) is 6.59. The number of benzene rings is 1. The molecule has 0 bridgehead atoms. The van der Waals surface area contributed by atoms with Crippen LogP contribution in [-0.2, 0) is 11.3 Å². The Hall–Kier alpha value is -2.69. The second-order valence-electron chi connectivity index (χ2n) is 4.77. The topological polar surface area (TPSA) is 65.2 Å². The standard InChI is InChI=1S/C16H14N2O3/c1-10-14(11(2)21-18-10)16(19)20-9-13-6-3-5-12-7-4-8-17-15(12)13/h3-8H,9H2,1-2H3. The normalized spacial score (nSPS) is 10.8. The van der Waals surface area contributed by atoms with E-state index in [0.29, 0.717) is 17.0 Å². The summed E-state index contributed by atoms with van der Waals surface area (Å²) in [6.45, 7) is 3.57. The van der Waals surface area contributed by atoms with Gasteiger partial charge in [-0.3, -0.25) is 4.98 Å². The number of carbonyl (C=O) groups is 1. The first-order chi connectivity index (χ1) is 10.2. The van der Waals surface area contributed by atoms with Gasteiger partial charge >= 0.3 is 5.97 Å². The highest BCUT2D eigenvalue weighted by molar-refractivity contribution is 5.91. The minimum Gasteiger partial charge on any atom is -0.457 e. The van der Waals surface area contributed by atoms with Crippen molar-refractivity contribution in [1.82, 2.24) is 10.1 Å². The van der Waals surface area contributed by atoms with Crippen LogP contribution in [0.25, 0.3) is 10.9 Å². The van der Waals surface area contributed by atoms with Crippen molar-refractivity contribution in [3.63, 3.8) is 0 Å². The van der Waals surface area contributed by atoms with Crippen LogP contribution >= 0.6 is 0 Å². The number of carbonyl (C=O) groups excluding carboxylic acids is 1. The zero-order valence-electron chi connectivity index (χ0n) is 11.8. The molecule has 0 spiro atoms. The average Bonchev–Trinajstić information content (AvgIpc) is 2.84. The van der Waals surface area contributed by atoms with E-state index in [0.717, 1.165) is 16.5 Å². The van der Waals surface area contributed by atoms with E-state index in [1.165, 1.54) is 0 Å². The molecule has 0 N–H and O–H groups in total. The fraction of sp³-hybridized carbons (Fsp3) is 0.188. The van der Waals surface area contributed by atoms with Crippen molar-refractivity contribution in [2.24, 2.45) is 0 Å². The van der Waals surface area contributed by atoms with E-state index in [1.807, 2.05) is 30.3 Å². The lowest BCUT2D eigenvalue weighted by Gasteiger charge is -2.07. The molecule has 0 aliphatic carbocycles. The summed E-state index contributed by atoms with van der Waals surface area (Å²) in [6, 6.07) is 9.64. The number of fused-ring (bicyclic) bond motifs is 1. The largest absolute Gasteiger partial charge is 0.457 e. The second-order valence-corrected chi connectivity index (χ2v) is 4.77. The molecule has 0 unspecified atom stereocenters. The summed E-state index contributed by atoms with van der Waals surface area (Å²) in [4.78, 5) is 16.4. The number of hydrogen-bond acceptors (Lipinski definition) is 5. The summed E-state index contributed by atoms with van der Waals surface area (Å²) in [5.74, 6) is 0.0349. The van der Waals surface area contributed by atoms with Crippen LogP contribution in [-0.4, -0.2) is 16.1 Å². The molecule has 0 atom stereocenters. The lowest BCUT2D eigenvalue weighted by atomic mass is 10.1. The smallest absolute Gasteiger partial charge is 0.344 e. The number of aryl methyl sites for hydroxylation is 2. The van der Waals surface area contributed by atoms with Crippen LogP contribution in [0.15, 0.2) is 41.1 Å². The highest BCUT2D eigenvalue weighted by atomic mass is 16.5. The van der Waals surface area contributed by atoms with Gasteiger partial charge in [-0.1, -0.05) is 29.4 Å². The molecule has 5 heteroatoms. The summed E-state index contributed by atoms with van der Waals surface area (Å²) in [7, 11) is 0. The molecular formula is C16H14N2O3. The highest BCUT2D eigenvalue weighted by Gasteiger charge is 2.19. The van der Waals surface area contributed by atoms with E-state index in [4.69, 9.17) is 9.26 Å². The molecule has 0 radical (unpaired) electrons. The summed E-state index contributed by atoms with van der Waals surface area (Å²) >= 11 is 0. The van der Waals surface area contributed by atoms with Crippen molar-refractivity contribution in [3.05, 3.63) is 59.1 Å². The number of ether oxygens (including phenoxy) is 1. The van der Waals surface area contributed by atoms with Gasteiger partial charge in [0.1, 0.15) is 17.9 Å². The minimum atomic E-state index is -0.431. The van der Waals surface area contributed by atoms with Crippen molar-refractivity contribution in [2.75, 3.05) is 0 Å². The fourth-order valence-corrected chi connectivity index (χ4v) is 2.27. The van der Waals surface area contributed by atoms with Crippen LogP contribution in [0.2, 0.25) is 0 Å². The molecule has 5 nitrogen and oxygen atoms in total. The lowest BCUT2D eigenvalue weighted by molar-refractivity contribution is 0.0471. The van der Waals surface area contributed by atoms with Gasteiger partial charge in [0.25, 0.3) is 0 Å². The van der Waals surface area contributed by atoms with Crippen molar-refractivity contribution >= 4 is 16.9 Å². The van der Waals surface area contributed by atoms with Gasteiger partial charge < -0.3 is 9.26 Å². The fourth-order valence-electron chi connectivity index (χ4n) is 2.27. The molecule has 106 valence electrons. The van der Waals surface area contributed by atoms with Crippen LogP contribution in [0.4, 0.5) is 0 Å². The second kappa shape index (κ2) is 5.36. The Kier molecular flexibility index (Phi) is 3.39. The number of nitrogens with zero attached hydrogens (tertiary/aromatic N) is 2. The third kappa shape index (κ3) is 2.50. The first-order valence-corrected chi connectivity index (χ1v) is 6.59. The van der Waals surface area contributed by atoms with Crippen molar-refractivity contribution in [3.8, 4) is 0 Å². The van der Waals surface area contributed by atoms with Gasteiger partial charge in [0.15, 0.2) is 0 Å². The van der Waals surface area contributed by atoms with Crippen LogP contribution < -0.4 is 0 Å². The number of pyridine rings is 1. The van der Waals surface area contributed by atoms with Crippen LogP contribution in [0.5, 0.6) is 0 Å². The Morgan fingerprint density at radius 3 is 2.81 bits per heavy atom. The van der Waals surface area contributed by atoms with Crippen LogP contribution in [0.1, 0.15) is 27.4 Å². The van der Waals surface area contributed by atoms with Gasteiger partial charge in [-0.25, -0.2) is 4.79 Å². The molecule has 0 aliphatic heterocycles. The Morgan fingerprint density at radius 1 is 1.24 bits per heavy atom. The number of rotatable bonds is 3. The third-order valence-corrected chi connectivity index (χ3v) is 3.31. The van der Waals surface area contributed by atoms with Gasteiger partial charge in [-0.15, -0.1) is 0 Å². The van der Waals surface area contributed by atoms with Crippen molar-refractivity contribution in [2.45, 2.75) is 20.5 Å². The number of hydrogen-bond donors (Lipinski definition) is 0. The van der Waals surface area contributed by atoms with Crippen LogP contribution in [0.3, 0.4) is 0 Å². The van der Waals surface area contributed by atoms with Gasteiger partial charge in [0, 0.05) is 17.1 Å². The molecule has 0 saturated heterocycles. The van der Waals surface area contributed by atoms with Gasteiger partial charge in [0.05, 0.1) is 11.2 Å². The van der Waals surface area contributed by atoms with E-state index in [-0.39, 0.29) is 6.61 Å². The molecule has 2 heterocycles. The number of aromatic nitrogens is 2. The summed E-state index contributed by atoms with van der Waals surface area (Å²) in [5, 5.41) is 4.77. The molecular weight excluding hydrogens is 268 g/mol. The molecule has 3 aromatic rings. The predicted octanol–water partition coefficient (Wildman–Crippen LogP) is 3.20. The maximum atomic E-state index is 12.1. The molecule has 2 aromatic heterocycles. The van der Waals surface area contributed by atoms with E-state index < -0.39 is 5.97 Å². The maximum absolute atomic E-state index is 12.1. The first kappa shape index (κ1) is 13.3. The average molecular weight is 282 g/mol. The zero-order valence-corrected chi connectivity index (χ0v) is 11.8. The Balaban J connectivity index is 1.83. The molecule has 0 amide bonds. The molecule has 0 saturated carbocycles. The Labute approximate surface area is 121 Å².